The average molecular weight is 171 g/mol. The van der Waals surface area contributed by atoms with Gasteiger partial charge in [0.1, 0.15) is 6.04 Å². The van der Waals surface area contributed by atoms with E-state index < -0.39 is 0 Å². The van der Waals surface area contributed by atoms with Crippen molar-refractivity contribution < 1.29 is 9.53 Å². The van der Waals surface area contributed by atoms with Crippen LogP contribution in [0.5, 0.6) is 0 Å². The highest BCUT2D eigenvalue weighted by Gasteiger charge is 2.34. The van der Waals surface area contributed by atoms with Gasteiger partial charge in [-0.25, -0.2) is 0 Å². The number of ether oxygens (including phenoxy) is 1. The summed E-state index contributed by atoms with van der Waals surface area (Å²) in [4.78, 5) is 10.9. The van der Waals surface area contributed by atoms with Crippen LogP contribution in [0, 0.1) is 5.92 Å². The van der Waals surface area contributed by atoms with Crippen LogP contribution in [0.25, 0.3) is 0 Å². The molecule has 0 aromatic carbocycles. The van der Waals surface area contributed by atoms with E-state index in [0.717, 1.165) is 12.8 Å². The Bertz CT molecular complexity index is 162. The van der Waals surface area contributed by atoms with Crippen molar-refractivity contribution in [1.82, 2.24) is 5.32 Å². The number of hydrogen-bond acceptors (Lipinski definition) is 3. The number of rotatable bonds is 3. The molecule has 0 spiro atoms. The molecule has 70 valence electrons. The Morgan fingerprint density at radius 3 is 2.67 bits per heavy atom. The van der Waals surface area contributed by atoms with E-state index in [1.807, 2.05) is 0 Å². The number of carbonyl (C=O) groups is 1. The van der Waals surface area contributed by atoms with E-state index in [4.69, 9.17) is 0 Å². The summed E-state index contributed by atoms with van der Waals surface area (Å²) in [5, 5.41) is 3.19. The van der Waals surface area contributed by atoms with Gasteiger partial charge in [0.15, 0.2) is 0 Å². The number of carbonyl (C=O) groups excluding carboxylic acids is 1. The van der Waals surface area contributed by atoms with E-state index in [2.05, 4.69) is 23.9 Å². The molecule has 0 amide bonds. The summed E-state index contributed by atoms with van der Waals surface area (Å²) in [7, 11) is 1.43. The maximum absolute atomic E-state index is 10.9. The quantitative estimate of drug-likeness (QED) is 0.642. The van der Waals surface area contributed by atoms with Gasteiger partial charge >= 0.3 is 5.97 Å². The minimum absolute atomic E-state index is 0.0428. The van der Waals surface area contributed by atoms with Crippen molar-refractivity contribution in [2.75, 3.05) is 7.11 Å². The standard InChI is InChI=1S/C9H17NO2/c1-6(2)4-7-5-8(10-7)9(11)12-3/h6-8,10H,4-5H2,1-3H3. The molecule has 0 saturated carbocycles. The Morgan fingerprint density at radius 1 is 1.67 bits per heavy atom. The van der Waals surface area contributed by atoms with Crippen LogP contribution in [-0.2, 0) is 9.53 Å². The van der Waals surface area contributed by atoms with Gasteiger partial charge in [0.05, 0.1) is 7.11 Å². The fourth-order valence-electron chi connectivity index (χ4n) is 1.58. The van der Waals surface area contributed by atoms with Gasteiger partial charge in [-0.3, -0.25) is 4.79 Å². The van der Waals surface area contributed by atoms with Crippen molar-refractivity contribution in [3.05, 3.63) is 0 Å². The van der Waals surface area contributed by atoms with Crippen LogP contribution in [0.4, 0.5) is 0 Å². The minimum Gasteiger partial charge on any atom is -0.468 e. The highest BCUT2D eigenvalue weighted by Crippen LogP contribution is 2.19. The van der Waals surface area contributed by atoms with Crippen molar-refractivity contribution in [3.8, 4) is 0 Å². The summed E-state index contributed by atoms with van der Waals surface area (Å²) in [6, 6.07) is 0.479. The first-order chi connectivity index (χ1) is 5.63. The van der Waals surface area contributed by atoms with Crippen molar-refractivity contribution in [2.24, 2.45) is 5.92 Å². The topological polar surface area (TPSA) is 38.3 Å². The van der Waals surface area contributed by atoms with Gasteiger partial charge in [0, 0.05) is 6.04 Å². The fourth-order valence-corrected chi connectivity index (χ4v) is 1.58. The van der Waals surface area contributed by atoms with E-state index >= 15 is 0 Å². The molecule has 2 atom stereocenters. The monoisotopic (exact) mass is 171 g/mol. The number of methoxy groups -OCH3 is 1. The zero-order valence-corrected chi connectivity index (χ0v) is 7.96. The molecule has 1 saturated heterocycles. The average Bonchev–Trinajstić information content (AvgIpc) is 1.94. The first-order valence-electron chi connectivity index (χ1n) is 4.47. The normalized spacial score (nSPS) is 28.3. The highest BCUT2D eigenvalue weighted by atomic mass is 16.5. The van der Waals surface area contributed by atoms with Gasteiger partial charge in [-0.2, -0.15) is 0 Å². The van der Waals surface area contributed by atoms with Gasteiger partial charge in [-0.1, -0.05) is 13.8 Å². The lowest BCUT2D eigenvalue weighted by atomic mass is 9.90. The highest BCUT2D eigenvalue weighted by molar-refractivity contribution is 5.76. The molecule has 0 radical (unpaired) electrons. The molecule has 0 aromatic heterocycles. The summed E-state index contributed by atoms with van der Waals surface area (Å²) in [6.07, 6.45) is 2.08. The molecule has 1 rings (SSSR count). The molecule has 1 N–H and O–H groups in total. The smallest absolute Gasteiger partial charge is 0.322 e. The van der Waals surface area contributed by atoms with Crippen LogP contribution in [0.15, 0.2) is 0 Å². The van der Waals surface area contributed by atoms with Gasteiger partial charge < -0.3 is 10.1 Å². The molecular formula is C9H17NO2. The number of hydrogen-bond donors (Lipinski definition) is 1. The van der Waals surface area contributed by atoms with Gasteiger partial charge in [0.2, 0.25) is 0 Å². The lowest BCUT2D eigenvalue weighted by molar-refractivity contribution is -0.146. The van der Waals surface area contributed by atoms with Crippen LogP contribution in [0.1, 0.15) is 26.7 Å². The second kappa shape index (κ2) is 3.90. The molecule has 2 unspecified atom stereocenters. The van der Waals surface area contributed by atoms with Crippen LogP contribution in [0.2, 0.25) is 0 Å². The molecule has 1 fully saturated rings. The maximum Gasteiger partial charge on any atom is 0.322 e. The summed E-state index contributed by atoms with van der Waals surface area (Å²) in [6.45, 7) is 4.38. The third-order valence-corrected chi connectivity index (χ3v) is 2.20. The molecule has 3 heteroatoms. The van der Waals surface area contributed by atoms with E-state index in [9.17, 15) is 4.79 Å². The minimum atomic E-state index is -0.130. The zero-order valence-electron chi connectivity index (χ0n) is 7.96. The lowest BCUT2D eigenvalue weighted by Gasteiger charge is -2.36. The fraction of sp³-hybridized carbons (Fsp3) is 0.889. The first-order valence-corrected chi connectivity index (χ1v) is 4.47. The molecule has 12 heavy (non-hydrogen) atoms. The predicted molar refractivity (Wildman–Crippen MR) is 46.8 cm³/mol. The second-order valence-electron chi connectivity index (χ2n) is 3.80. The molecular weight excluding hydrogens is 154 g/mol. The Labute approximate surface area is 73.5 Å². The van der Waals surface area contributed by atoms with Gasteiger partial charge in [-0.15, -0.1) is 0 Å². The summed E-state index contributed by atoms with van der Waals surface area (Å²) in [5.74, 6) is 0.566. The van der Waals surface area contributed by atoms with Crippen LogP contribution >= 0.6 is 0 Å². The van der Waals surface area contributed by atoms with E-state index in [1.165, 1.54) is 7.11 Å². The zero-order chi connectivity index (χ0) is 9.14. The lowest BCUT2D eigenvalue weighted by Crippen LogP contribution is -2.57. The van der Waals surface area contributed by atoms with Crippen molar-refractivity contribution in [2.45, 2.75) is 38.8 Å². The summed E-state index contributed by atoms with van der Waals surface area (Å²) < 4.78 is 4.61. The van der Waals surface area contributed by atoms with Crippen molar-refractivity contribution in [1.29, 1.82) is 0 Å². The number of nitrogens with one attached hydrogen (secondary N) is 1. The third-order valence-electron chi connectivity index (χ3n) is 2.20. The maximum atomic E-state index is 10.9. The van der Waals surface area contributed by atoms with Crippen molar-refractivity contribution in [3.63, 3.8) is 0 Å². The Balaban J connectivity index is 2.15. The van der Waals surface area contributed by atoms with Crippen LogP contribution < -0.4 is 5.32 Å². The SMILES string of the molecule is COC(=O)C1CC(CC(C)C)N1. The second-order valence-corrected chi connectivity index (χ2v) is 3.80. The Kier molecular flexibility index (Phi) is 3.09. The summed E-state index contributed by atoms with van der Waals surface area (Å²) >= 11 is 0. The molecule has 0 bridgehead atoms. The molecule has 0 aromatic rings. The Hall–Kier alpha value is -0.570. The van der Waals surface area contributed by atoms with Crippen molar-refractivity contribution >= 4 is 5.97 Å². The third kappa shape index (κ3) is 2.21. The molecule has 3 nitrogen and oxygen atoms in total. The summed E-state index contributed by atoms with van der Waals surface area (Å²) in [5.41, 5.74) is 0. The Morgan fingerprint density at radius 2 is 2.25 bits per heavy atom. The van der Waals surface area contributed by atoms with Gasteiger partial charge in [-0.05, 0) is 18.8 Å². The largest absolute Gasteiger partial charge is 0.468 e. The van der Waals surface area contributed by atoms with Crippen LogP contribution in [0.3, 0.4) is 0 Å². The van der Waals surface area contributed by atoms with E-state index in [-0.39, 0.29) is 12.0 Å². The van der Waals surface area contributed by atoms with Gasteiger partial charge in [0.25, 0.3) is 0 Å². The number of esters is 1. The molecule has 1 aliphatic heterocycles. The van der Waals surface area contributed by atoms with E-state index in [1.54, 1.807) is 0 Å². The van der Waals surface area contributed by atoms with Crippen LogP contribution in [-0.4, -0.2) is 25.2 Å². The molecule has 0 aliphatic carbocycles. The van der Waals surface area contributed by atoms with E-state index in [0.29, 0.717) is 12.0 Å². The first kappa shape index (κ1) is 9.52. The predicted octanol–water partition coefficient (Wildman–Crippen LogP) is 0.936. The molecule has 1 heterocycles. The molecule has 1 aliphatic rings.